The van der Waals surface area contributed by atoms with Gasteiger partial charge in [0.2, 0.25) is 5.91 Å². The number of nitrogens with zero attached hydrogens (tertiary/aromatic N) is 1. The van der Waals surface area contributed by atoms with E-state index in [9.17, 15) is 9.59 Å². The molecule has 2 heterocycles. The van der Waals surface area contributed by atoms with Crippen LogP contribution < -0.4 is 14.8 Å². The maximum Gasteiger partial charge on any atom is 0.251 e. The molecular formula is C25H29N3O4. The number of rotatable bonds is 7. The van der Waals surface area contributed by atoms with E-state index in [2.05, 4.69) is 22.6 Å². The summed E-state index contributed by atoms with van der Waals surface area (Å²) in [4.78, 5) is 30.2. The van der Waals surface area contributed by atoms with Gasteiger partial charge >= 0.3 is 0 Å². The summed E-state index contributed by atoms with van der Waals surface area (Å²) in [5.74, 6) is 1.64. The fourth-order valence-corrected chi connectivity index (χ4v) is 4.26. The molecule has 2 N–H and O–H groups in total. The highest BCUT2D eigenvalue weighted by atomic mass is 16.5. The number of likely N-dealkylation sites (tertiary alicyclic amines) is 1. The van der Waals surface area contributed by atoms with Crippen molar-refractivity contribution in [1.82, 2.24) is 15.2 Å². The number of piperidine rings is 1. The molecule has 32 heavy (non-hydrogen) atoms. The Bertz CT molecular complexity index is 1080. The van der Waals surface area contributed by atoms with Crippen LogP contribution in [0.15, 0.2) is 48.7 Å². The molecule has 168 valence electrons. The Kier molecular flexibility index (Phi) is 6.63. The van der Waals surface area contributed by atoms with Gasteiger partial charge in [-0.1, -0.05) is 0 Å². The van der Waals surface area contributed by atoms with Crippen molar-refractivity contribution in [2.24, 2.45) is 0 Å². The quantitative estimate of drug-likeness (QED) is 0.593. The number of carbonyl (C=O) groups excluding carboxylic acids is 2. The van der Waals surface area contributed by atoms with E-state index in [4.69, 9.17) is 9.47 Å². The van der Waals surface area contributed by atoms with Crippen LogP contribution in [-0.4, -0.2) is 55.0 Å². The Morgan fingerprint density at radius 3 is 2.50 bits per heavy atom. The van der Waals surface area contributed by atoms with Crippen LogP contribution in [0.3, 0.4) is 0 Å². The smallest absolute Gasteiger partial charge is 0.251 e. The normalized spacial score (nSPS) is 14.4. The number of ether oxygens (including phenoxy) is 2. The van der Waals surface area contributed by atoms with E-state index >= 15 is 0 Å². The molecule has 1 aromatic heterocycles. The monoisotopic (exact) mass is 435 g/mol. The van der Waals surface area contributed by atoms with E-state index in [1.807, 2.05) is 24.0 Å². The fourth-order valence-electron chi connectivity index (χ4n) is 4.26. The van der Waals surface area contributed by atoms with Crippen molar-refractivity contribution in [2.45, 2.75) is 25.7 Å². The molecule has 1 aliphatic heterocycles. The second-order valence-corrected chi connectivity index (χ2v) is 7.95. The molecule has 0 radical (unpaired) electrons. The average molecular weight is 436 g/mol. The van der Waals surface area contributed by atoms with E-state index in [-0.39, 0.29) is 18.4 Å². The van der Waals surface area contributed by atoms with Gasteiger partial charge in [0.05, 0.1) is 20.3 Å². The van der Waals surface area contributed by atoms with Crippen LogP contribution in [0, 0.1) is 0 Å². The first kappa shape index (κ1) is 21.7. The maximum absolute atomic E-state index is 12.6. The van der Waals surface area contributed by atoms with Crippen molar-refractivity contribution < 1.29 is 19.1 Å². The molecule has 0 atom stereocenters. The number of hydrogen-bond acceptors (Lipinski definition) is 4. The average Bonchev–Trinajstić information content (AvgIpc) is 3.26. The molecular weight excluding hydrogens is 406 g/mol. The lowest BCUT2D eigenvalue weighted by Crippen LogP contribution is -2.43. The molecule has 4 rings (SSSR count). The molecule has 0 spiro atoms. The van der Waals surface area contributed by atoms with Gasteiger partial charge in [-0.2, -0.15) is 0 Å². The Balaban J connectivity index is 1.29. The molecule has 1 saturated heterocycles. The molecule has 0 aliphatic carbocycles. The summed E-state index contributed by atoms with van der Waals surface area (Å²) in [6.07, 6.45) is 3.86. The highest BCUT2D eigenvalue weighted by molar-refractivity contribution is 5.96. The molecule has 7 heteroatoms. The lowest BCUT2D eigenvalue weighted by atomic mass is 9.89. The van der Waals surface area contributed by atoms with Crippen LogP contribution in [0.1, 0.15) is 41.6 Å². The Morgan fingerprint density at radius 1 is 1.09 bits per heavy atom. The lowest BCUT2D eigenvalue weighted by molar-refractivity contribution is -0.131. The standard InChI is InChI=1S/C25H29N3O4/c1-3-32-19-6-4-18(5-7-19)25(30)27-16-24(29)28-12-10-17(11-13-28)22-15-26-23-9-8-20(31-2)14-21(22)23/h4-9,14-15,17,26H,3,10-13,16H2,1-2H3,(H,27,30). The van der Waals surface area contributed by atoms with E-state index in [1.54, 1.807) is 31.4 Å². The summed E-state index contributed by atoms with van der Waals surface area (Å²) >= 11 is 0. The third kappa shape index (κ3) is 4.72. The van der Waals surface area contributed by atoms with Gasteiger partial charge in [-0.15, -0.1) is 0 Å². The van der Waals surface area contributed by atoms with Crippen LogP contribution in [0.4, 0.5) is 0 Å². The number of aromatic amines is 1. The first-order chi connectivity index (χ1) is 15.6. The highest BCUT2D eigenvalue weighted by Gasteiger charge is 2.25. The van der Waals surface area contributed by atoms with Crippen LogP contribution in [0.2, 0.25) is 0 Å². The zero-order chi connectivity index (χ0) is 22.5. The summed E-state index contributed by atoms with van der Waals surface area (Å²) in [7, 11) is 1.67. The zero-order valence-electron chi connectivity index (χ0n) is 18.5. The molecule has 0 bridgehead atoms. The van der Waals surface area contributed by atoms with Crippen molar-refractivity contribution >= 4 is 22.7 Å². The van der Waals surface area contributed by atoms with Gasteiger partial charge in [0.25, 0.3) is 5.91 Å². The first-order valence-corrected chi connectivity index (χ1v) is 11.0. The Morgan fingerprint density at radius 2 is 1.81 bits per heavy atom. The van der Waals surface area contributed by atoms with Crippen molar-refractivity contribution in [3.8, 4) is 11.5 Å². The van der Waals surface area contributed by atoms with Gasteiger partial charge in [0.15, 0.2) is 0 Å². The molecule has 3 aromatic rings. The van der Waals surface area contributed by atoms with E-state index < -0.39 is 0 Å². The minimum absolute atomic E-state index is 0.000988. The largest absolute Gasteiger partial charge is 0.497 e. The number of carbonyl (C=O) groups is 2. The summed E-state index contributed by atoms with van der Waals surface area (Å²) in [6.45, 7) is 3.84. The number of fused-ring (bicyclic) bond motifs is 1. The van der Waals surface area contributed by atoms with Gasteiger partial charge in [0, 0.05) is 35.8 Å². The van der Waals surface area contributed by atoms with Gasteiger partial charge < -0.3 is 24.7 Å². The second kappa shape index (κ2) is 9.77. The fraction of sp³-hybridized carbons (Fsp3) is 0.360. The predicted molar refractivity (Wildman–Crippen MR) is 123 cm³/mol. The third-order valence-corrected chi connectivity index (χ3v) is 6.04. The van der Waals surface area contributed by atoms with Gasteiger partial charge in [-0.3, -0.25) is 9.59 Å². The van der Waals surface area contributed by atoms with Crippen LogP contribution in [0.25, 0.3) is 10.9 Å². The number of amides is 2. The third-order valence-electron chi connectivity index (χ3n) is 6.04. The molecule has 1 fully saturated rings. The van der Waals surface area contributed by atoms with E-state index in [0.29, 0.717) is 31.2 Å². The number of hydrogen-bond donors (Lipinski definition) is 2. The summed E-state index contributed by atoms with van der Waals surface area (Å²) in [6, 6.07) is 13.0. The molecule has 0 unspecified atom stereocenters. The number of H-pyrrole nitrogens is 1. The van der Waals surface area contributed by atoms with Gasteiger partial charge in [-0.25, -0.2) is 0 Å². The molecule has 1 aliphatic rings. The lowest BCUT2D eigenvalue weighted by Gasteiger charge is -2.32. The topological polar surface area (TPSA) is 83.7 Å². The molecule has 0 saturated carbocycles. The van der Waals surface area contributed by atoms with Crippen LogP contribution in [0.5, 0.6) is 11.5 Å². The van der Waals surface area contributed by atoms with E-state index in [1.165, 1.54) is 10.9 Å². The van der Waals surface area contributed by atoms with Crippen LogP contribution >= 0.6 is 0 Å². The summed E-state index contributed by atoms with van der Waals surface area (Å²) in [5.41, 5.74) is 2.88. The van der Waals surface area contributed by atoms with Crippen molar-refractivity contribution in [3.05, 3.63) is 59.8 Å². The molecule has 7 nitrogen and oxygen atoms in total. The molecule has 2 amide bonds. The van der Waals surface area contributed by atoms with Crippen molar-refractivity contribution in [3.63, 3.8) is 0 Å². The Labute approximate surface area is 187 Å². The van der Waals surface area contributed by atoms with Gasteiger partial charge in [-0.05, 0) is 73.7 Å². The minimum Gasteiger partial charge on any atom is -0.497 e. The first-order valence-electron chi connectivity index (χ1n) is 11.0. The number of methoxy groups -OCH3 is 1. The van der Waals surface area contributed by atoms with Crippen molar-refractivity contribution in [2.75, 3.05) is 33.4 Å². The predicted octanol–water partition coefficient (Wildman–Crippen LogP) is 3.71. The van der Waals surface area contributed by atoms with Crippen molar-refractivity contribution in [1.29, 1.82) is 0 Å². The molecule has 2 aromatic carbocycles. The number of benzene rings is 2. The van der Waals surface area contributed by atoms with Crippen LogP contribution in [-0.2, 0) is 4.79 Å². The maximum atomic E-state index is 12.6. The number of aromatic nitrogens is 1. The van der Waals surface area contributed by atoms with Gasteiger partial charge in [0.1, 0.15) is 11.5 Å². The zero-order valence-corrected chi connectivity index (χ0v) is 18.5. The Hall–Kier alpha value is -3.48. The highest BCUT2D eigenvalue weighted by Crippen LogP contribution is 2.34. The second-order valence-electron chi connectivity index (χ2n) is 7.95. The minimum atomic E-state index is -0.260. The summed E-state index contributed by atoms with van der Waals surface area (Å²) in [5, 5.41) is 3.91. The SMILES string of the molecule is CCOc1ccc(C(=O)NCC(=O)N2CCC(c3c[nH]c4ccc(OC)cc34)CC2)cc1. The summed E-state index contributed by atoms with van der Waals surface area (Å²) < 4.78 is 10.8. The van der Waals surface area contributed by atoms with E-state index in [0.717, 1.165) is 29.9 Å². The number of nitrogens with one attached hydrogen (secondary N) is 2.